The number of carbonyl (C=O) groups excluding carboxylic acids is 1. The predicted octanol–water partition coefficient (Wildman–Crippen LogP) is 2.30. The van der Waals surface area contributed by atoms with E-state index in [1.807, 2.05) is 5.92 Å². The van der Waals surface area contributed by atoms with Crippen LogP contribution in [0.4, 0.5) is 13.2 Å². The molecule has 0 aliphatic heterocycles. The molecule has 0 bridgehead atoms. The van der Waals surface area contributed by atoms with Gasteiger partial charge in [0.05, 0.1) is 10.6 Å². The van der Waals surface area contributed by atoms with Crippen molar-refractivity contribution in [2.45, 2.75) is 6.18 Å². The van der Waals surface area contributed by atoms with Crippen LogP contribution in [0.5, 0.6) is 0 Å². The van der Waals surface area contributed by atoms with Gasteiger partial charge in [-0.05, 0) is 17.9 Å². The highest BCUT2D eigenvalue weighted by atomic mass is 35.5. The van der Waals surface area contributed by atoms with Crippen LogP contribution in [0.15, 0.2) is 12.3 Å². The minimum atomic E-state index is -4.49. The molecule has 1 aromatic heterocycles. The summed E-state index contributed by atoms with van der Waals surface area (Å²) in [6, 6.07) is 0.712. The Morgan fingerprint density at radius 3 is 2.60 bits per heavy atom. The zero-order chi connectivity index (χ0) is 11.5. The third-order valence-electron chi connectivity index (χ3n) is 1.42. The summed E-state index contributed by atoms with van der Waals surface area (Å²) in [4.78, 5) is 13.3. The van der Waals surface area contributed by atoms with Crippen LogP contribution in [0.2, 0.25) is 5.02 Å². The van der Waals surface area contributed by atoms with Crippen LogP contribution in [0, 0.1) is 11.8 Å². The third kappa shape index (κ3) is 2.96. The van der Waals surface area contributed by atoms with E-state index < -0.39 is 11.7 Å². The molecule has 0 saturated carbocycles. The van der Waals surface area contributed by atoms with Gasteiger partial charge in [0.2, 0.25) is 0 Å². The van der Waals surface area contributed by atoms with E-state index in [1.165, 1.54) is 0 Å². The molecular weight excluding hydrogens is 231 g/mol. The first kappa shape index (κ1) is 11.5. The molecule has 0 spiro atoms. The number of hydrogen-bond donors (Lipinski definition) is 0. The van der Waals surface area contributed by atoms with E-state index in [0.29, 0.717) is 18.5 Å². The Morgan fingerprint density at radius 2 is 2.13 bits per heavy atom. The number of nitrogens with zero attached hydrogens (tertiary/aromatic N) is 1. The van der Waals surface area contributed by atoms with E-state index in [-0.39, 0.29) is 10.7 Å². The minimum Gasteiger partial charge on any atom is -0.289 e. The van der Waals surface area contributed by atoms with Crippen LogP contribution in [0.1, 0.15) is 11.3 Å². The molecule has 78 valence electrons. The monoisotopic (exact) mass is 233 g/mol. The lowest BCUT2D eigenvalue weighted by atomic mass is 10.2. The van der Waals surface area contributed by atoms with Crippen molar-refractivity contribution in [1.29, 1.82) is 0 Å². The maximum absolute atomic E-state index is 12.2. The Hall–Kier alpha value is -1.54. The summed E-state index contributed by atoms with van der Waals surface area (Å²) >= 11 is 5.49. The molecule has 1 heterocycles. The van der Waals surface area contributed by atoms with Gasteiger partial charge in [0.15, 0.2) is 6.29 Å². The van der Waals surface area contributed by atoms with Crippen LogP contribution in [0.3, 0.4) is 0 Å². The molecule has 0 fully saturated rings. The molecule has 6 heteroatoms. The Bertz CT molecular complexity index is 445. The predicted molar refractivity (Wildman–Crippen MR) is 47.2 cm³/mol. The van der Waals surface area contributed by atoms with E-state index >= 15 is 0 Å². The molecule has 0 amide bonds. The highest BCUT2D eigenvalue weighted by Crippen LogP contribution is 2.30. The lowest BCUT2D eigenvalue weighted by Gasteiger charge is -2.06. The van der Waals surface area contributed by atoms with Crippen molar-refractivity contribution in [1.82, 2.24) is 4.98 Å². The second kappa shape index (κ2) is 4.32. The summed E-state index contributed by atoms with van der Waals surface area (Å²) < 4.78 is 36.5. The highest BCUT2D eigenvalue weighted by Gasteiger charge is 2.31. The molecule has 0 aliphatic carbocycles. The normalized spacial score (nSPS) is 10.4. The van der Waals surface area contributed by atoms with E-state index in [2.05, 4.69) is 10.9 Å². The van der Waals surface area contributed by atoms with E-state index in [9.17, 15) is 18.0 Å². The van der Waals surface area contributed by atoms with Gasteiger partial charge in [0.1, 0.15) is 5.69 Å². The van der Waals surface area contributed by atoms with Gasteiger partial charge in [-0.1, -0.05) is 11.6 Å². The van der Waals surface area contributed by atoms with Crippen LogP contribution < -0.4 is 0 Å². The summed E-state index contributed by atoms with van der Waals surface area (Å²) in [5, 5.41) is -0.237. The average Bonchev–Trinajstić information content (AvgIpc) is 2.14. The summed E-state index contributed by atoms with van der Waals surface area (Å²) in [7, 11) is 0. The number of aromatic nitrogens is 1. The highest BCUT2D eigenvalue weighted by molar-refractivity contribution is 6.31. The van der Waals surface area contributed by atoms with E-state index in [0.717, 1.165) is 0 Å². The van der Waals surface area contributed by atoms with Crippen molar-refractivity contribution in [3.05, 3.63) is 28.5 Å². The Kier molecular flexibility index (Phi) is 3.32. The van der Waals surface area contributed by atoms with Crippen LogP contribution in [-0.2, 0) is 11.0 Å². The minimum absolute atomic E-state index is 0.0585. The van der Waals surface area contributed by atoms with Gasteiger partial charge in [-0.15, -0.1) is 0 Å². The fraction of sp³-hybridized carbons (Fsp3) is 0.111. The topological polar surface area (TPSA) is 30.0 Å². The number of halogens is 4. The first-order valence-electron chi connectivity index (χ1n) is 3.63. The number of rotatable bonds is 0. The van der Waals surface area contributed by atoms with Gasteiger partial charge in [-0.25, -0.2) is 4.98 Å². The number of hydrogen-bond acceptors (Lipinski definition) is 2. The molecule has 1 rings (SSSR count). The van der Waals surface area contributed by atoms with Crippen molar-refractivity contribution in [2.24, 2.45) is 0 Å². The Labute approximate surface area is 88.1 Å². The second-order valence-electron chi connectivity index (χ2n) is 2.44. The fourth-order valence-corrected chi connectivity index (χ4v) is 0.996. The van der Waals surface area contributed by atoms with Gasteiger partial charge in [-0.2, -0.15) is 13.2 Å². The Morgan fingerprint density at radius 1 is 1.47 bits per heavy atom. The first-order valence-corrected chi connectivity index (χ1v) is 4.01. The number of pyridine rings is 1. The SMILES string of the molecule is O=CC#Cc1ncc(C(F)(F)F)cc1Cl. The van der Waals surface area contributed by atoms with Gasteiger partial charge in [0.25, 0.3) is 0 Å². The molecule has 2 nitrogen and oxygen atoms in total. The maximum Gasteiger partial charge on any atom is 0.417 e. The number of aldehydes is 1. The largest absolute Gasteiger partial charge is 0.417 e. The molecular formula is C9H3ClF3NO. The molecule has 0 N–H and O–H groups in total. The van der Waals surface area contributed by atoms with E-state index in [1.54, 1.807) is 0 Å². The van der Waals surface area contributed by atoms with Crippen molar-refractivity contribution >= 4 is 17.9 Å². The standard InChI is InChI=1S/C9H3ClF3NO/c10-7-4-6(9(11,12)13)5-14-8(7)2-1-3-15/h3-5H. The Balaban J connectivity index is 3.14. The zero-order valence-corrected chi connectivity index (χ0v) is 7.86. The third-order valence-corrected chi connectivity index (χ3v) is 1.71. The summed E-state index contributed by atoms with van der Waals surface area (Å²) in [5.74, 6) is 4.22. The second-order valence-corrected chi connectivity index (χ2v) is 2.85. The number of alkyl halides is 3. The summed E-state index contributed by atoms with van der Waals surface area (Å²) in [6.07, 6.45) is -3.58. The van der Waals surface area contributed by atoms with Gasteiger partial charge in [-0.3, -0.25) is 4.79 Å². The molecule has 0 saturated heterocycles. The molecule has 1 aromatic rings. The zero-order valence-electron chi connectivity index (χ0n) is 7.10. The first-order chi connectivity index (χ1) is 6.95. The lowest BCUT2D eigenvalue weighted by Crippen LogP contribution is -2.05. The van der Waals surface area contributed by atoms with Gasteiger partial charge in [0, 0.05) is 6.20 Å². The molecule has 0 unspecified atom stereocenters. The van der Waals surface area contributed by atoms with Crippen molar-refractivity contribution in [3.8, 4) is 11.8 Å². The summed E-state index contributed by atoms with van der Waals surface area (Å²) in [6.45, 7) is 0. The van der Waals surface area contributed by atoms with Crippen molar-refractivity contribution in [3.63, 3.8) is 0 Å². The van der Waals surface area contributed by atoms with Crippen LogP contribution in [-0.4, -0.2) is 11.3 Å². The van der Waals surface area contributed by atoms with Crippen LogP contribution >= 0.6 is 11.6 Å². The fourth-order valence-electron chi connectivity index (χ4n) is 0.783. The van der Waals surface area contributed by atoms with E-state index in [4.69, 9.17) is 11.6 Å². The van der Waals surface area contributed by atoms with Crippen LogP contribution in [0.25, 0.3) is 0 Å². The van der Waals surface area contributed by atoms with Crippen molar-refractivity contribution < 1.29 is 18.0 Å². The molecule has 0 atom stereocenters. The maximum atomic E-state index is 12.2. The van der Waals surface area contributed by atoms with Gasteiger partial charge >= 0.3 is 6.18 Å². The quantitative estimate of drug-likeness (QED) is 0.508. The molecule has 0 aromatic carbocycles. The smallest absolute Gasteiger partial charge is 0.289 e. The van der Waals surface area contributed by atoms with Crippen molar-refractivity contribution in [2.75, 3.05) is 0 Å². The molecule has 15 heavy (non-hydrogen) atoms. The molecule has 0 radical (unpaired) electrons. The number of carbonyl (C=O) groups is 1. The lowest BCUT2D eigenvalue weighted by molar-refractivity contribution is -0.137. The molecule has 0 aliphatic rings. The summed E-state index contributed by atoms with van der Waals surface area (Å²) in [5.41, 5.74) is -1.01. The average molecular weight is 234 g/mol. The van der Waals surface area contributed by atoms with Gasteiger partial charge < -0.3 is 0 Å².